The molecule has 0 heterocycles. The molecule has 0 spiro atoms. The molecule has 0 aromatic carbocycles. The zero-order valence-electron chi connectivity index (χ0n) is 8.97. The molecule has 0 aliphatic carbocycles. The first-order valence-corrected chi connectivity index (χ1v) is 7.88. The van der Waals surface area contributed by atoms with Crippen LogP contribution in [0, 0.1) is 0 Å². The molecule has 0 rings (SSSR count). The van der Waals surface area contributed by atoms with E-state index < -0.39 is 14.7 Å². The van der Waals surface area contributed by atoms with Crippen LogP contribution < -0.4 is 11.5 Å². The van der Waals surface area contributed by atoms with Crippen LogP contribution in [0.1, 0.15) is 0 Å². The second-order valence-corrected chi connectivity index (χ2v) is 7.65. The van der Waals surface area contributed by atoms with Gasteiger partial charge in [-0.2, -0.15) is 0 Å². The molecular formula is C4H24MnN2O6P2+4. The maximum Gasteiger partial charge on any atom is 0.250 e. The van der Waals surface area contributed by atoms with E-state index in [2.05, 4.69) is 11.5 Å². The first-order chi connectivity index (χ1) is 5.12. The van der Waals surface area contributed by atoms with Gasteiger partial charge >= 0.3 is 0 Å². The van der Waals surface area contributed by atoms with Crippen molar-refractivity contribution in [3.8, 4) is 0 Å². The van der Waals surface area contributed by atoms with Crippen molar-refractivity contribution < 1.29 is 58.4 Å². The molecule has 2 atom stereocenters. The number of quaternary nitrogens is 2. The summed E-state index contributed by atoms with van der Waals surface area (Å²) in [4.78, 5) is 16.6. The maximum absolute atomic E-state index is 10.1. The molecule has 0 aromatic rings. The quantitative estimate of drug-likeness (QED) is 0.231. The predicted octanol–water partition coefficient (Wildman–Crippen LogP) is -3.67. The Balaban J connectivity index is -0.0000000370. The molecule has 99 valence electrons. The van der Waals surface area contributed by atoms with Crippen LogP contribution in [0.25, 0.3) is 0 Å². The minimum Gasteiger partial charge on any atom is -0.457 e. The molecule has 14 N–H and O–H groups in total. The van der Waals surface area contributed by atoms with Gasteiger partial charge in [0.1, 0.15) is 0 Å². The van der Waals surface area contributed by atoms with Crippen molar-refractivity contribution in [1.29, 1.82) is 0 Å². The van der Waals surface area contributed by atoms with Crippen LogP contribution in [0.4, 0.5) is 0 Å². The molecule has 0 fully saturated rings. The zero-order valence-corrected chi connectivity index (χ0v) is 11.9. The average Bonchev–Trinajstić information content (AvgIpc) is 1.86. The Kier molecular flexibility index (Phi) is 25.3. The van der Waals surface area contributed by atoms with Crippen LogP contribution in [-0.4, -0.2) is 35.7 Å². The summed E-state index contributed by atoms with van der Waals surface area (Å²) in [5, 5.41) is 0. The second kappa shape index (κ2) is 12.8. The van der Waals surface area contributed by atoms with E-state index in [4.69, 9.17) is 9.79 Å². The van der Waals surface area contributed by atoms with Gasteiger partial charge in [-0.15, -0.1) is 0 Å². The van der Waals surface area contributed by atoms with Crippen molar-refractivity contribution >= 4 is 14.7 Å². The van der Waals surface area contributed by atoms with Gasteiger partial charge in [-0.25, -0.2) is 0 Å². The molecule has 2 unspecified atom stereocenters. The molecule has 0 aliphatic heterocycles. The Morgan fingerprint density at radius 1 is 0.933 bits per heavy atom. The van der Waals surface area contributed by atoms with Gasteiger partial charge in [0, 0.05) is 30.4 Å². The fraction of sp³-hybridized carbons (Fsp3) is 1.00. The second-order valence-electron chi connectivity index (χ2n) is 2.55. The van der Waals surface area contributed by atoms with Gasteiger partial charge in [-0.3, -0.25) is 9.13 Å². The number of hydrogen-bond donors (Lipinski definition) is 4. The molecule has 0 amide bonds. The van der Waals surface area contributed by atoms with Gasteiger partial charge in [0.2, 0.25) is 14.7 Å². The molecule has 1 radical (unpaired) electrons. The summed E-state index contributed by atoms with van der Waals surface area (Å²) in [6, 6.07) is 0. The van der Waals surface area contributed by atoms with Gasteiger partial charge in [0.15, 0.2) is 12.6 Å². The minimum atomic E-state index is -2.76. The van der Waals surface area contributed by atoms with Gasteiger partial charge in [0.25, 0.3) is 0 Å². The standard InChI is InChI=1S/2C2H8NO2P.Mn.2H2O/c2*1-6(4,5)2-3;;;/h2*2-3H2,1H3,(H,4,5);;2*1H2/p+4. The van der Waals surface area contributed by atoms with Crippen molar-refractivity contribution in [2.45, 2.75) is 0 Å². The summed E-state index contributed by atoms with van der Waals surface area (Å²) in [5.41, 5.74) is 6.49. The van der Waals surface area contributed by atoms with E-state index in [1.54, 1.807) is 0 Å². The fourth-order valence-electron chi connectivity index (χ4n) is 0. The number of rotatable bonds is 2. The van der Waals surface area contributed by atoms with Crippen molar-refractivity contribution in [2.24, 2.45) is 0 Å². The maximum atomic E-state index is 10.1. The summed E-state index contributed by atoms with van der Waals surface area (Å²) < 4.78 is 20.2. The predicted molar refractivity (Wildman–Crippen MR) is 56.8 cm³/mol. The van der Waals surface area contributed by atoms with Crippen LogP contribution in [-0.2, 0) is 37.2 Å². The summed E-state index contributed by atoms with van der Waals surface area (Å²) >= 11 is 0. The topological polar surface area (TPSA) is 196 Å². The molecule has 0 saturated carbocycles. The van der Waals surface area contributed by atoms with E-state index in [0.717, 1.165) is 0 Å². The third-order valence-corrected chi connectivity index (χ3v) is 2.49. The summed E-state index contributed by atoms with van der Waals surface area (Å²) in [5.74, 6) is 0. The summed E-state index contributed by atoms with van der Waals surface area (Å²) in [7, 11) is -5.52. The van der Waals surface area contributed by atoms with Gasteiger partial charge < -0.3 is 32.2 Å². The monoisotopic (exact) mass is 313 g/mol. The van der Waals surface area contributed by atoms with Crippen LogP contribution in [0.5, 0.6) is 0 Å². The van der Waals surface area contributed by atoms with Crippen molar-refractivity contribution in [2.75, 3.05) is 25.9 Å². The molecular weight excluding hydrogens is 289 g/mol. The Labute approximate surface area is 99.4 Å². The molecule has 8 nitrogen and oxygen atoms in total. The van der Waals surface area contributed by atoms with Crippen LogP contribution in [0.2, 0.25) is 0 Å². The fourth-order valence-corrected chi connectivity index (χ4v) is 0. The Morgan fingerprint density at radius 3 is 1.00 bits per heavy atom. The van der Waals surface area contributed by atoms with E-state index >= 15 is 0 Å². The molecule has 11 heteroatoms. The Morgan fingerprint density at radius 2 is 1.00 bits per heavy atom. The first kappa shape index (κ1) is 29.6. The normalized spacial score (nSPS) is 15.9. The van der Waals surface area contributed by atoms with Crippen LogP contribution in [0.3, 0.4) is 0 Å². The summed E-state index contributed by atoms with van der Waals surface area (Å²) in [6.07, 6.45) is 0.264. The van der Waals surface area contributed by atoms with E-state index in [0.29, 0.717) is 0 Å². The van der Waals surface area contributed by atoms with Crippen molar-refractivity contribution in [3.63, 3.8) is 0 Å². The van der Waals surface area contributed by atoms with Crippen LogP contribution >= 0.6 is 14.7 Å². The third-order valence-electron chi connectivity index (χ3n) is 0.830. The molecule has 0 aliphatic rings. The molecule has 0 bridgehead atoms. The largest absolute Gasteiger partial charge is 0.457 e. The third kappa shape index (κ3) is 52.7. The summed E-state index contributed by atoms with van der Waals surface area (Å²) in [6.45, 7) is 2.58. The SMILES string of the molecule is CP(=O)(O)C[NH3+].CP(=O)(O)C[NH3+].[Mn].[OH3+].[OH3+]. The van der Waals surface area contributed by atoms with E-state index in [1.165, 1.54) is 13.3 Å². The number of hydrogen-bond acceptors (Lipinski definition) is 2. The van der Waals surface area contributed by atoms with Gasteiger partial charge in [-0.1, -0.05) is 0 Å². The van der Waals surface area contributed by atoms with E-state index in [-0.39, 0.29) is 40.6 Å². The first-order valence-electron chi connectivity index (χ1n) is 3.29. The van der Waals surface area contributed by atoms with Crippen molar-refractivity contribution in [1.82, 2.24) is 0 Å². The minimum absolute atomic E-state index is 0. The average molecular weight is 313 g/mol. The molecule has 15 heavy (non-hydrogen) atoms. The Bertz CT molecular complexity index is 181. The van der Waals surface area contributed by atoms with E-state index in [9.17, 15) is 9.13 Å². The Hall–Kier alpha value is 0.739. The zero-order chi connectivity index (χ0) is 10.4. The van der Waals surface area contributed by atoms with E-state index in [1.807, 2.05) is 0 Å². The van der Waals surface area contributed by atoms with Gasteiger partial charge in [0.05, 0.1) is 0 Å². The molecule has 0 aromatic heterocycles. The van der Waals surface area contributed by atoms with Gasteiger partial charge in [-0.05, 0) is 0 Å². The molecule has 0 saturated heterocycles. The van der Waals surface area contributed by atoms with Crippen LogP contribution in [0.15, 0.2) is 0 Å². The smallest absolute Gasteiger partial charge is 0.250 e. The van der Waals surface area contributed by atoms with Crippen molar-refractivity contribution in [3.05, 3.63) is 0 Å².